The minimum absolute atomic E-state index is 0.0739. The topological polar surface area (TPSA) is 88.2 Å². The third-order valence-electron chi connectivity index (χ3n) is 3.19. The molecule has 0 spiro atoms. The predicted octanol–water partition coefficient (Wildman–Crippen LogP) is 3.82. The molecule has 2 aromatic carbocycles. The van der Waals surface area contributed by atoms with Gasteiger partial charge in [-0.1, -0.05) is 40.6 Å². The number of halogens is 2. The van der Waals surface area contributed by atoms with Crippen molar-refractivity contribution < 1.29 is 9.90 Å². The van der Waals surface area contributed by atoms with Gasteiger partial charge in [0.2, 0.25) is 0 Å². The van der Waals surface area contributed by atoms with Gasteiger partial charge in [0.1, 0.15) is 11.3 Å². The van der Waals surface area contributed by atoms with Crippen LogP contribution in [0.2, 0.25) is 10.0 Å². The number of hydrogen-bond donors (Lipinski definition) is 3. The number of fused-ring (bicyclic) bond motifs is 1. The number of carbonyl (C=O) groups excluding carboxylic acids is 1. The van der Waals surface area contributed by atoms with Crippen LogP contribution in [0.25, 0.3) is 10.2 Å². The van der Waals surface area contributed by atoms with Crippen LogP contribution in [-0.2, 0) is 6.54 Å². The highest BCUT2D eigenvalue weighted by Crippen LogP contribution is 2.31. The number of nitrogen functional groups attached to an aromatic ring is 1. The van der Waals surface area contributed by atoms with E-state index in [-0.39, 0.29) is 11.7 Å². The van der Waals surface area contributed by atoms with E-state index < -0.39 is 0 Å². The molecule has 0 aliphatic heterocycles. The van der Waals surface area contributed by atoms with Crippen LogP contribution in [-0.4, -0.2) is 16.0 Å². The zero-order valence-corrected chi connectivity index (χ0v) is 14.0. The summed E-state index contributed by atoms with van der Waals surface area (Å²) >= 11 is 13.0. The fourth-order valence-corrected chi connectivity index (χ4v) is 3.21. The highest BCUT2D eigenvalue weighted by Gasteiger charge is 2.13. The second-order valence-corrected chi connectivity index (χ2v) is 6.70. The summed E-state index contributed by atoms with van der Waals surface area (Å²) in [5, 5.41) is 13.9. The van der Waals surface area contributed by atoms with Crippen molar-refractivity contribution in [2.24, 2.45) is 0 Å². The molecule has 3 aromatic rings. The lowest BCUT2D eigenvalue weighted by molar-refractivity contribution is 0.0950. The molecule has 0 saturated carbocycles. The van der Waals surface area contributed by atoms with Gasteiger partial charge in [-0.05, 0) is 29.8 Å². The standard InChI is InChI=1S/C15H11Cl2N3O2S/c16-9-2-1-7(3-10(9)17)6-19-14(22)8-4-11(21)13-12(5-8)23-15(18)20-13/h1-5,21H,6H2,(H2,18,20)(H,19,22). The lowest BCUT2D eigenvalue weighted by Gasteiger charge is -2.07. The number of phenols is 1. The summed E-state index contributed by atoms with van der Waals surface area (Å²) in [7, 11) is 0. The molecule has 0 fully saturated rings. The number of nitrogens with zero attached hydrogens (tertiary/aromatic N) is 1. The third kappa shape index (κ3) is 3.34. The summed E-state index contributed by atoms with van der Waals surface area (Å²) in [6.07, 6.45) is 0. The number of hydrogen-bond acceptors (Lipinski definition) is 5. The maximum atomic E-state index is 12.2. The number of nitrogens with one attached hydrogen (secondary N) is 1. The average molecular weight is 368 g/mol. The molecule has 0 bridgehead atoms. The molecule has 1 amide bonds. The van der Waals surface area contributed by atoms with Gasteiger partial charge in [-0.25, -0.2) is 4.98 Å². The first kappa shape index (κ1) is 15.9. The molecule has 0 radical (unpaired) electrons. The Hall–Kier alpha value is -2.02. The van der Waals surface area contributed by atoms with Crippen molar-refractivity contribution in [3.05, 3.63) is 51.5 Å². The van der Waals surface area contributed by atoms with E-state index in [0.29, 0.717) is 37.5 Å². The number of aromatic nitrogens is 1. The first-order valence-electron chi connectivity index (χ1n) is 6.55. The van der Waals surface area contributed by atoms with Gasteiger partial charge in [0.25, 0.3) is 5.91 Å². The van der Waals surface area contributed by atoms with Gasteiger partial charge in [0, 0.05) is 12.1 Å². The monoisotopic (exact) mass is 367 g/mol. The first-order valence-corrected chi connectivity index (χ1v) is 8.12. The Morgan fingerprint density at radius 2 is 2.04 bits per heavy atom. The Morgan fingerprint density at radius 3 is 2.78 bits per heavy atom. The number of benzene rings is 2. The number of nitrogens with two attached hydrogens (primary N) is 1. The maximum absolute atomic E-state index is 12.2. The SMILES string of the molecule is Nc1nc2c(O)cc(C(=O)NCc3ccc(Cl)c(Cl)c3)cc2s1. The summed E-state index contributed by atoms with van der Waals surface area (Å²) in [5.74, 6) is -0.393. The van der Waals surface area contributed by atoms with E-state index in [4.69, 9.17) is 28.9 Å². The van der Waals surface area contributed by atoms with Crippen LogP contribution < -0.4 is 11.1 Å². The lowest BCUT2D eigenvalue weighted by Crippen LogP contribution is -2.22. The van der Waals surface area contributed by atoms with E-state index in [1.165, 1.54) is 17.4 Å². The molecular formula is C15H11Cl2N3O2S. The molecule has 4 N–H and O–H groups in total. The van der Waals surface area contributed by atoms with Gasteiger partial charge in [-0.3, -0.25) is 4.79 Å². The summed E-state index contributed by atoms with van der Waals surface area (Å²) < 4.78 is 0.655. The molecule has 5 nitrogen and oxygen atoms in total. The highest BCUT2D eigenvalue weighted by molar-refractivity contribution is 7.22. The van der Waals surface area contributed by atoms with Crippen LogP contribution in [0.5, 0.6) is 5.75 Å². The van der Waals surface area contributed by atoms with Crippen molar-refractivity contribution in [1.29, 1.82) is 0 Å². The normalized spacial score (nSPS) is 10.9. The molecule has 3 rings (SSSR count). The van der Waals surface area contributed by atoms with Crippen LogP contribution in [0.4, 0.5) is 5.13 Å². The number of phenolic OH excluding ortho intramolecular Hbond substituents is 1. The number of anilines is 1. The van der Waals surface area contributed by atoms with E-state index in [2.05, 4.69) is 10.3 Å². The van der Waals surface area contributed by atoms with Crippen LogP contribution in [0.15, 0.2) is 30.3 Å². The number of aromatic hydroxyl groups is 1. The second-order valence-electron chi connectivity index (χ2n) is 4.83. The highest BCUT2D eigenvalue weighted by atomic mass is 35.5. The Labute approximate surface area is 145 Å². The van der Waals surface area contributed by atoms with Gasteiger partial charge in [-0.15, -0.1) is 0 Å². The molecule has 0 saturated heterocycles. The molecule has 118 valence electrons. The van der Waals surface area contributed by atoms with Crippen molar-refractivity contribution in [3.63, 3.8) is 0 Å². The smallest absolute Gasteiger partial charge is 0.251 e. The Kier molecular flexibility index (Phi) is 4.30. The summed E-state index contributed by atoms with van der Waals surface area (Å²) in [6, 6.07) is 8.15. The molecule has 0 atom stereocenters. The summed E-state index contributed by atoms with van der Waals surface area (Å²) in [5.41, 5.74) is 7.17. The van der Waals surface area contributed by atoms with E-state index in [9.17, 15) is 9.90 Å². The Bertz CT molecular complexity index is 911. The first-order chi connectivity index (χ1) is 10.9. The third-order valence-corrected chi connectivity index (χ3v) is 4.76. The van der Waals surface area contributed by atoms with Crippen LogP contribution in [0.3, 0.4) is 0 Å². The number of rotatable bonds is 3. The summed E-state index contributed by atoms with van der Waals surface area (Å²) in [4.78, 5) is 16.3. The summed E-state index contributed by atoms with van der Waals surface area (Å²) in [6.45, 7) is 0.291. The zero-order chi connectivity index (χ0) is 16.6. The van der Waals surface area contributed by atoms with Crippen molar-refractivity contribution in [1.82, 2.24) is 10.3 Å². The Balaban J connectivity index is 1.79. The van der Waals surface area contributed by atoms with Crippen molar-refractivity contribution in [2.45, 2.75) is 6.54 Å². The molecule has 0 aliphatic rings. The van der Waals surface area contributed by atoms with E-state index in [1.54, 1.807) is 24.3 Å². The molecule has 8 heteroatoms. The number of amides is 1. The minimum Gasteiger partial charge on any atom is -0.506 e. The number of carbonyl (C=O) groups is 1. The average Bonchev–Trinajstić information content (AvgIpc) is 2.89. The second kappa shape index (κ2) is 6.23. The fraction of sp³-hybridized carbons (Fsp3) is 0.0667. The largest absolute Gasteiger partial charge is 0.506 e. The maximum Gasteiger partial charge on any atom is 0.251 e. The van der Waals surface area contributed by atoms with E-state index in [1.807, 2.05) is 0 Å². The minimum atomic E-state index is -0.319. The Morgan fingerprint density at radius 1 is 1.26 bits per heavy atom. The zero-order valence-electron chi connectivity index (χ0n) is 11.6. The molecule has 1 heterocycles. The molecule has 0 aliphatic carbocycles. The van der Waals surface area contributed by atoms with Crippen molar-refractivity contribution in [2.75, 3.05) is 5.73 Å². The lowest BCUT2D eigenvalue weighted by atomic mass is 10.1. The fourth-order valence-electron chi connectivity index (χ4n) is 2.09. The van der Waals surface area contributed by atoms with Gasteiger partial charge < -0.3 is 16.2 Å². The predicted molar refractivity (Wildman–Crippen MR) is 93.3 cm³/mol. The molecule has 1 aromatic heterocycles. The number of thiazole rings is 1. The van der Waals surface area contributed by atoms with Crippen LogP contribution >= 0.6 is 34.5 Å². The van der Waals surface area contributed by atoms with Crippen molar-refractivity contribution >= 4 is 55.8 Å². The van der Waals surface area contributed by atoms with Gasteiger partial charge >= 0.3 is 0 Å². The molecule has 23 heavy (non-hydrogen) atoms. The van der Waals surface area contributed by atoms with Gasteiger partial charge in [0.05, 0.1) is 14.7 Å². The van der Waals surface area contributed by atoms with Crippen LogP contribution in [0, 0.1) is 0 Å². The van der Waals surface area contributed by atoms with Gasteiger partial charge in [0.15, 0.2) is 5.13 Å². The van der Waals surface area contributed by atoms with E-state index >= 15 is 0 Å². The quantitative estimate of drug-likeness (QED) is 0.656. The van der Waals surface area contributed by atoms with Gasteiger partial charge in [-0.2, -0.15) is 0 Å². The molecule has 0 unspecified atom stereocenters. The van der Waals surface area contributed by atoms with Crippen molar-refractivity contribution in [3.8, 4) is 5.75 Å². The van der Waals surface area contributed by atoms with E-state index in [0.717, 1.165) is 5.56 Å². The van der Waals surface area contributed by atoms with Crippen LogP contribution in [0.1, 0.15) is 15.9 Å². The molecular weight excluding hydrogens is 357 g/mol.